The van der Waals surface area contributed by atoms with E-state index in [0.29, 0.717) is 5.92 Å². The van der Waals surface area contributed by atoms with E-state index in [2.05, 4.69) is 42.1 Å². The molecule has 1 heterocycles. The minimum Gasteiger partial charge on any atom is -0.400 e. The summed E-state index contributed by atoms with van der Waals surface area (Å²) in [7, 11) is 0. The zero-order chi connectivity index (χ0) is 11.1. The van der Waals surface area contributed by atoms with E-state index in [1.54, 1.807) is 0 Å². The fourth-order valence-corrected chi connectivity index (χ4v) is 2.93. The first-order valence-corrected chi connectivity index (χ1v) is 5.86. The molecule has 0 spiro atoms. The van der Waals surface area contributed by atoms with Gasteiger partial charge in [-0.15, -0.1) is 0 Å². The number of hydrogen-bond donors (Lipinski definition) is 3. The summed E-state index contributed by atoms with van der Waals surface area (Å²) in [4.78, 5) is 0. The molecule has 0 bridgehead atoms. The third kappa shape index (κ3) is 1.22. The van der Waals surface area contributed by atoms with Gasteiger partial charge in [-0.05, 0) is 24.1 Å². The van der Waals surface area contributed by atoms with Crippen LogP contribution in [0.1, 0.15) is 24.8 Å². The molecule has 3 heteroatoms. The van der Waals surface area contributed by atoms with Gasteiger partial charge in [0.2, 0.25) is 0 Å². The summed E-state index contributed by atoms with van der Waals surface area (Å²) >= 11 is 0. The number of hydrazine groups is 1. The average molecular weight is 215 g/mol. The molecule has 0 radical (unpaired) electrons. The minimum absolute atomic E-state index is 0.268. The molecule has 0 saturated carbocycles. The molecule has 16 heavy (non-hydrogen) atoms. The fourth-order valence-electron chi connectivity index (χ4n) is 2.93. The van der Waals surface area contributed by atoms with Gasteiger partial charge in [0.25, 0.3) is 0 Å². The van der Waals surface area contributed by atoms with E-state index < -0.39 is 0 Å². The second kappa shape index (κ2) is 3.61. The molecule has 3 rings (SSSR count). The van der Waals surface area contributed by atoms with Crippen molar-refractivity contribution in [2.24, 2.45) is 5.73 Å². The van der Waals surface area contributed by atoms with Crippen molar-refractivity contribution >= 4 is 11.8 Å². The van der Waals surface area contributed by atoms with Gasteiger partial charge in [-0.25, -0.2) is 5.43 Å². The lowest BCUT2D eigenvalue weighted by Crippen LogP contribution is -2.50. The second-order valence-corrected chi connectivity index (χ2v) is 4.50. The smallest absolute Gasteiger partial charge is 0.0682 e. The molecule has 1 aliphatic carbocycles. The number of rotatable bonds is 0. The summed E-state index contributed by atoms with van der Waals surface area (Å²) in [6.45, 7) is 3.07. The molecule has 3 nitrogen and oxygen atoms in total. The van der Waals surface area contributed by atoms with Gasteiger partial charge in [0.15, 0.2) is 0 Å². The molecular formula is C13H17N3. The minimum atomic E-state index is 0.268. The summed E-state index contributed by atoms with van der Waals surface area (Å²) in [6, 6.07) is 6.75. The summed E-state index contributed by atoms with van der Waals surface area (Å²) < 4.78 is 0. The van der Waals surface area contributed by atoms with E-state index in [9.17, 15) is 0 Å². The van der Waals surface area contributed by atoms with Gasteiger partial charge in [0.05, 0.1) is 6.04 Å². The third-order valence-electron chi connectivity index (χ3n) is 3.70. The van der Waals surface area contributed by atoms with Crippen molar-refractivity contribution in [1.29, 1.82) is 0 Å². The van der Waals surface area contributed by atoms with Crippen LogP contribution in [-0.4, -0.2) is 12.6 Å². The Bertz CT molecular complexity index is 533. The van der Waals surface area contributed by atoms with Crippen molar-refractivity contribution in [3.63, 3.8) is 0 Å². The Morgan fingerprint density at radius 1 is 1.44 bits per heavy atom. The molecule has 0 amide bonds. The quantitative estimate of drug-likeness (QED) is 0.548. The molecule has 2 unspecified atom stereocenters. The molecule has 2 aliphatic rings. The highest BCUT2D eigenvalue weighted by Crippen LogP contribution is 2.29. The van der Waals surface area contributed by atoms with E-state index >= 15 is 0 Å². The Kier molecular flexibility index (Phi) is 2.23. The van der Waals surface area contributed by atoms with Gasteiger partial charge in [-0.2, -0.15) is 0 Å². The maximum Gasteiger partial charge on any atom is 0.0682 e. The van der Waals surface area contributed by atoms with Crippen LogP contribution < -0.4 is 27.0 Å². The molecule has 1 fully saturated rings. The first kappa shape index (κ1) is 9.87. The molecule has 1 aromatic carbocycles. The van der Waals surface area contributed by atoms with Crippen LogP contribution in [0.25, 0.3) is 11.8 Å². The predicted octanol–water partition coefficient (Wildman–Crippen LogP) is -0.482. The van der Waals surface area contributed by atoms with Crippen molar-refractivity contribution in [3.05, 3.63) is 34.2 Å². The molecule has 1 saturated heterocycles. The maximum atomic E-state index is 6.27. The molecular weight excluding hydrogens is 198 g/mol. The maximum absolute atomic E-state index is 6.27. The van der Waals surface area contributed by atoms with Crippen LogP contribution in [0.3, 0.4) is 0 Å². The lowest BCUT2D eigenvalue weighted by molar-refractivity contribution is 0.356. The number of fused-ring (bicyclic) bond motifs is 3. The normalized spacial score (nSPS) is 29.1. The van der Waals surface area contributed by atoms with E-state index in [4.69, 9.17) is 5.73 Å². The fraction of sp³-hybridized carbons (Fsp3) is 0.385. The van der Waals surface area contributed by atoms with Crippen LogP contribution in [0, 0.1) is 0 Å². The van der Waals surface area contributed by atoms with Gasteiger partial charge in [-0.1, -0.05) is 24.3 Å². The number of nitrogens with two attached hydrogens (primary N) is 1. The molecule has 84 valence electrons. The standard InChI is InChI=1S/C13H17N3/c1-2-8-4-3-5-9-10-6-7-15-16-13(10)12(14)11(8)9/h2-5,10,13,15-16H,6-7,14H2,1H3/b8-2-. The van der Waals surface area contributed by atoms with Crippen LogP contribution in [0.15, 0.2) is 18.2 Å². The largest absolute Gasteiger partial charge is 0.400 e. The molecule has 0 aromatic heterocycles. The van der Waals surface area contributed by atoms with Gasteiger partial charge in [0, 0.05) is 23.4 Å². The van der Waals surface area contributed by atoms with Crippen LogP contribution in [-0.2, 0) is 0 Å². The lowest BCUT2D eigenvalue weighted by atomic mass is 9.92. The van der Waals surface area contributed by atoms with Crippen LogP contribution in [0.5, 0.6) is 0 Å². The van der Waals surface area contributed by atoms with E-state index in [0.717, 1.165) is 18.7 Å². The molecule has 2 atom stereocenters. The van der Waals surface area contributed by atoms with E-state index in [1.807, 2.05) is 0 Å². The van der Waals surface area contributed by atoms with Gasteiger partial charge >= 0.3 is 0 Å². The number of nitrogens with one attached hydrogen (secondary N) is 2. The highest BCUT2D eigenvalue weighted by molar-refractivity contribution is 5.58. The van der Waals surface area contributed by atoms with Gasteiger partial charge in [0.1, 0.15) is 0 Å². The molecule has 4 N–H and O–H groups in total. The Morgan fingerprint density at radius 2 is 2.31 bits per heavy atom. The van der Waals surface area contributed by atoms with E-state index in [1.165, 1.54) is 16.0 Å². The summed E-state index contributed by atoms with van der Waals surface area (Å²) in [5, 5.41) is 2.52. The van der Waals surface area contributed by atoms with Gasteiger partial charge < -0.3 is 5.73 Å². The Labute approximate surface area is 95.0 Å². The van der Waals surface area contributed by atoms with Crippen molar-refractivity contribution in [2.45, 2.75) is 25.3 Å². The average Bonchev–Trinajstić information content (AvgIpc) is 2.64. The van der Waals surface area contributed by atoms with Crippen LogP contribution in [0.4, 0.5) is 0 Å². The van der Waals surface area contributed by atoms with Crippen LogP contribution >= 0.6 is 0 Å². The summed E-state index contributed by atoms with van der Waals surface area (Å²) in [6.07, 6.45) is 3.29. The Balaban J connectivity index is 2.29. The summed E-state index contributed by atoms with van der Waals surface area (Å²) in [5.74, 6) is 0.538. The number of hydrogen-bond acceptors (Lipinski definition) is 3. The zero-order valence-electron chi connectivity index (χ0n) is 9.46. The topological polar surface area (TPSA) is 50.1 Å². The van der Waals surface area contributed by atoms with Crippen molar-refractivity contribution < 1.29 is 0 Å². The summed E-state index contributed by atoms with van der Waals surface area (Å²) in [5.41, 5.74) is 15.2. The second-order valence-electron chi connectivity index (χ2n) is 4.50. The number of benzene rings is 1. The molecule has 1 aromatic rings. The predicted molar refractivity (Wildman–Crippen MR) is 65.7 cm³/mol. The lowest BCUT2D eigenvalue weighted by Gasteiger charge is -2.29. The van der Waals surface area contributed by atoms with Crippen molar-refractivity contribution in [2.75, 3.05) is 6.54 Å². The van der Waals surface area contributed by atoms with Crippen LogP contribution in [0.2, 0.25) is 0 Å². The van der Waals surface area contributed by atoms with Crippen molar-refractivity contribution in [1.82, 2.24) is 10.9 Å². The van der Waals surface area contributed by atoms with Crippen molar-refractivity contribution in [3.8, 4) is 0 Å². The zero-order valence-corrected chi connectivity index (χ0v) is 9.46. The Hall–Kier alpha value is -1.32. The van der Waals surface area contributed by atoms with Gasteiger partial charge in [-0.3, -0.25) is 5.43 Å². The Morgan fingerprint density at radius 3 is 3.12 bits per heavy atom. The third-order valence-corrected chi connectivity index (χ3v) is 3.70. The first-order chi connectivity index (χ1) is 7.83. The van der Waals surface area contributed by atoms with E-state index in [-0.39, 0.29) is 6.04 Å². The SMILES string of the molecule is C/C=c1/cccc2c1=C(N)C1NNCCC21. The first-order valence-electron chi connectivity index (χ1n) is 5.86. The monoisotopic (exact) mass is 215 g/mol. The highest BCUT2D eigenvalue weighted by atomic mass is 15.4. The highest BCUT2D eigenvalue weighted by Gasteiger charge is 2.34. The molecule has 1 aliphatic heterocycles.